The highest BCUT2D eigenvalue weighted by atomic mass is 32.2. The third kappa shape index (κ3) is 3.83. The van der Waals surface area contributed by atoms with Gasteiger partial charge in [-0.2, -0.15) is 4.31 Å². The van der Waals surface area contributed by atoms with Crippen LogP contribution in [0.5, 0.6) is 0 Å². The lowest BCUT2D eigenvalue weighted by Crippen LogP contribution is -2.48. The van der Waals surface area contributed by atoms with Crippen molar-refractivity contribution in [2.24, 2.45) is 0 Å². The molecule has 1 aliphatic rings. The number of ether oxygens (including phenoxy) is 1. The Hall–Kier alpha value is -2.52. The summed E-state index contributed by atoms with van der Waals surface area (Å²) in [6.45, 7) is 3.79. The first-order valence-electron chi connectivity index (χ1n) is 8.30. The van der Waals surface area contributed by atoms with E-state index in [2.05, 4.69) is 9.97 Å². The normalized spacial score (nSPS) is 15.7. The van der Waals surface area contributed by atoms with Crippen LogP contribution in [0.15, 0.2) is 47.8 Å². The Labute approximate surface area is 152 Å². The molecule has 0 atom stereocenters. The molecule has 2 heterocycles. The van der Waals surface area contributed by atoms with E-state index in [-0.39, 0.29) is 11.5 Å². The zero-order valence-corrected chi connectivity index (χ0v) is 15.2. The van der Waals surface area contributed by atoms with Crippen LogP contribution in [0.25, 0.3) is 0 Å². The third-order valence-corrected chi connectivity index (χ3v) is 6.03. The summed E-state index contributed by atoms with van der Waals surface area (Å²) in [6, 6.07) is 5.83. The Bertz CT molecular complexity index is 848. The first-order valence-corrected chi connectivity index (χ1v) is 9.74. The molecule has 0 bridgehead atoms. The topological polar surface area (TPSA) is 92.7 Å². The Morgan fingerprint density at radius 1 is 1.12 bits per heavy atom. The van der Waals surface area contributed by atoms with Crippen LogP contribution >= 0.6 is 0 Å². The van der Waals surface area contributed by atoms with Crippen LogP contribution in [-0.4, -0.2) is 61.4 Å². The van der Waals surface area contributed by atoms with Gasteiger partial charge in [-0.3, -0.25) is 4.98 Å². The van der Waals surface area contributed by atoms with Crippen LogP contribution < -0.4 is 4.90 Å². The van der Waals surface area contributed by atoms with Gasteiger partial charge in [-0.05, 0) is 31.2 Å². The lowest BCUT2D eigenvalue weighted by atomic mass is 10.2. The second-order valence-corrected chi connectivity index (χ2v) is 7.64. The number of piperazine rings is 1. The van der Waals surface area contributed by atoms with Gasteiger partial charge in [0.25, 0.3) is 0 Å². The van der Waals surface area contributed by atoms with Gasteiger partial charge in [-0.1, -0.05) is 0 Å². The maximum absolute atomic E-state index is 12.8. The van der Waals surface area contributed by atoms with Gasteiger partial charge in [-0.25, -0.2) is 18.2 Å². The SMILES string of the molecule is CCOC(=O)c1ccc(S(=O)(=O)N2CCN(c3cnccn3)CC2)cc1. The molecule has 0 amide bonds. The minimum Gasteiger partial charge on any atom is -0.462 e. The molecule has 0 radical (unpaired) electrons. The average molecular weight is 376 g/mol. The van der Waals surface area contributed by atoms with Crippen LogP contribution in [0, 0.1) is 0 Å². The minimum atomic E-state index is -3.60. The molecule has 3 rings (SSSR count). The van der Waals surface area contributed by atoms with Crippen LogP contribution in [0.2, 0.25) is 0 Å². The Morgan fingerprint density at radius 2 is 1.81 bits per heavy atom. The van der Waals surface area contributed by atoms with Gasteiger partial charge in [0, 0.05) is 38.6 Å². The molecule has 9 heteroatoms. The number of rotatable bonds is 5. The molecule has 0 spiro atoms. The summed E-state index contributed by atoms with van der Waals surface area (Å²) in [5.41, 5.74) is 0.332. The summed E-state index contributed by atoms with van der Waals surface area (Å²) >= 11 is 0. The fraction of sp³-hybridized carbons (Fsp3) is 0.353. The third-order valence-electron chi connectivity index (χ3n) is 4.12. The molecule has 0 unspecified atom stereocenters. The minimum absolute atomic E-state index is 0.165. The van der Waals surface area contributed by atoms with E-state index in [0.29, 0.717) is 31.7 Å². The highest BCUT2D eigenvalue weighted by Gasteiger charge is 2.29. The fourth-order valence-electron chi connectivity index (χ4n) is 2.74. The number of hydrogen-bond donors (Lipinski definition) is 0. The smallest absolute Gasteiger partial charge is 0.338 e. The van der Waals surface area contributed by atoms with E-state index in [9.17, 15) is 13.2 Å². The first-order chi connectivity index (χ1) is 12.5. The fourth-order valence-corrected chi connectivity index (χ4v) is 4.16. The predicted molar refractivity (Wildman–Crippen MR) is 95.4 cm³/mol. The standard InChI is InChI=1S/C17H20N4O4S/c1-2-25-17(22)14-3-5-15(6-4-14)26(23,24)21-11-9-20(10-12-21)16-13-18-7-8-19-16/h3-8,13H,2,9-12H2,1H3. The highest BCUT2D eigenvalue weighted by Crippen LogP contribution is 2.20. The molecular weight excluding hydrogens is 356 g/mol. The molecule has 2 aromatic rings. The predicted octanol–water partition coefficient (Wildman–Crippen LogP) is 1.16. The van der Waals surface area contributed by atoms with E-state index in [0.717, 1.165) is 5.82 Å². The van der Waals surface area contributed by atoms with E-state index in [1.54, 1.807) is 25.5 Å². The Morgan fingerprint density at radius 3 is 2.38 bits per heavy atom. The zero-order chi connectivity index (χ0) is 18.6. The molecule has 1 fully saturated rings. The van der Waals surface area contributed by atoms with Crippen molar-refractivity contribution >= 4 is 21.8 Å². The number of sulfonamides is 1. The molecule has 0 N–H and O–H groups in total. The van der Waals surface area contributed by atoms with E-state index in [1.807, 2.05) is 4.90 Å². The second-order valence-electron chi connectivity index (χ2n) is 5.70. The number of hydrogen-bond acceptors (Lipinski definition) is 7. The molecule has 26 heavy (non-hydrogen) atoms. The molecule has 1 saturated heterocycles. The van der Waals surface area contributed by atoms with E-state index in [1.165, 1.54) is 28.6 Å². The van der Waals surface area contributed by atoms with E-state index >= 15 is 0 Å². The quantitative estimate of drug-likeness (QED) is 0.723. The Kier molecular flexibility index (Phi) is 5.48. The van der Waals surface area contributed by atoms with Crippen molar-refractivity contribution in [2.45, 2.75) is 11.8 Å². The number of anilines is 1. The van der Waals surface area contributed by atoms with Crippen molar-refractivity contribution in [3.05, 3.63) is 48.4 Å². The second kappa shape index (κ2) is 7.79. The van der Waals surface area contributed by atoms with Crippen molar-refractivity contribution in [2.75, 3.05) is 37.7 Å². The summed E-state index contributed by atoms with van der Waals surface area (Å²) < 4.78 is 32.0. The zero-order valence-electron chi connectivity index (χ0n) is 14.4. The van der Waals surface area contributed by atoms with Crippen molar-refractivity contribution in [1.82, 2.24) is 14.3 Å². The van der Waals surface area contributed by atoms with Crippen molar-refractivity contribution < 1.29 is 17.9 Å². The van der Waals surface area contributed by atoms with Crippen molar-refractivity contribution in [1.29, 1.82) is 0 Å². The average Bonchev–Trinajstić information content (AvgIpc) is 2.69. The summed E-state index contributed by atoms with van der Waals surface area (Å²) in [7, 11) is -3.60. The molecule has 0 saturated carbocycles. The van der Waals surface area contributed by atoms with Gasteiger partial charge in [0.2, 0.25) is 10.0 Å². The van der Waals surface area contributed by atoms with Gasteiger partial charge in [0.05, 0.1) is 23.3 Å². The lowest BCUT2D eigenvalue weighted by molar-refractivity contribution is 0.0526. The maximum Gasteiger partial charge on any atom is 0.338 e. The number of nitrogens with zero attached hydrogens (tertiary/aromatic N) is 4. The van der Waals surface area contributed by atoms with Crippen LogP contribution in [-0.2, 0) is 14.8 Å². The highest BCUT2D eigenvalue weighted by molar-refractivity contribution is 7.89. The summed E-state index contributed by atoms with van der Waals surface area (Å²) in [4.78, 5) is 22.1. The van der Waals surface area contributed by atoms with Gasteiger partial charge in [0.15, 0.2) is 0 Å². The maximum atomic E-state index is 12.8. The monoisotopic (exact) mass is 376 g/mol. The first kappa shape index (κ1) is 18.3. The van der Waals surface area contributed by atoms with Gasteiger partial charge >= 0.3 is 5.97 Å². The van der Waals surface area contributed by atoms with Crippen molar-refractivity contribution in [3.8, 4) is 0 Å². The lowest BCUT2D eigenvalue weighted by Gasteiger charge is -2.34. The number of carbonyl (C=O) groups excluding carboxylic acids is 1. The van der Waals surface area contributed by atoms with Gasteiger partial charge in [-0.15, -0.1) is 0 Å². The Balaban J connectivity index is 1.68. The molecule has 0 aliphatic carbocycles. The molecule has 138 valence electrons. The van der Waals surface area contributed by atoms with Crippen LogP contribution in [0.1, 0.15) is 17.3 Å². The van der Waals surface area contributed by atoms with Crippen LogP contribution in [0.4, 0.5) is 5.82 Å². The molecule has 1 aliphatic heterocycles. The number of esters is 1. The number of aromatic nitrogens is 2. The van der Waals surface area contributed by atoms with Crippen molar-refractivity contribution in [3.63, 3.8) is 0 Å². The number of benzene rings is 1. The summed E-state index contributed by atoms with van der Waals surface area (Å²) in [5.74, 6) is 0.275. The van der Waals surface area contributed by atoms with E-state index < -0.39 is 16.0 Å². The van der Waals surface area contributed by atoms with E-state index in [4.69, 9.17) is 4.74 Å². The van der Waals surface area contributed by atoms with Gasteiger partial charge in [0.1, 0.15) is 5.82 Å². The largest absolute Gasteiger partial charge is 0.462 e. The number of carbonyl (C=O) groups is 1. The summed E-state index contributed by atoms with van der Waals surface area (Å²) in [6.07, 6.45) is 4.88. The molecular formula is C17H20N4O4S. The molecule has 1 aromatic heterocycles. The molecule has 8 nitrogen and oxygen atoms in total. The molecule has 1 aromatic carbocycles. The summed E-state index contributed by atoms with van der Waals surface area (Å²) in [5, 5.41) is 0. The van der Waals surface area contributed by atoms with Crippen LogP contribution in [0.3, 0.4) is 0 Å². The van der Waals surface area contributed by atoms with Gasteiger partial charge < -0.3 is 9.64 Å².